The summed E-state index contributed by atoms with van der Waals surface area (Å²) >= 11 is 0. The highest BCUT2D eigenvalue weighted by Gasteiger charge is 2.30. The highest BCUT2D eigenvalue weighted by atomic mass is 19.3. The number of aryl methyl sites for hydroxylation is 1. The molecule has 8 heteroatoms. The van der Waals surface area contributed by atoms with E-state index in [1.807, 2.05) is 31.2 Å². The summed E-state index contributed by atoms with van der Waals surface area (Å²) in [6, 6.07) is 5.99. The number of amides is 1. The molecule has 1 aliphatic carbocycles. The van der Waals surface area contributed by atoms with Crippen LogP contribution in [0, 0.1) is 6.92 Å². The average molecular weight is 363 g/mol. The van der Waals surface area contributed by atoms with Gasteiger partial charge < -0.3 is 10.4 Å². The Bertz CT molecular complexity index is 831. The number of halogens is 2. The second kappa shape index (κ2) is 7.23. The van der Waals surface area contributed by atoms with E-state index in [4.69, 9.17) is 5.11 Å². The molecule has 0 aliphatic heterocycles. The van der Waals surface area contributed by atoms with E-state index in [0.29, 0.717) is 6.42 Å². The van der Waals surface area contributed by atoms with Crippen molar-refractivity contribution in [3.63, 3.8) is 0 Å². The highest BCUT2D eigenvalue weighted by Crippen LogP contribution is 2.28. The van der Waals surface area contributed by atoms with Gasteiger partial charge in [0.2, 0.25) is 6.43 Å². The second-order valence-corrected chi connectivity index (χ2v) is 6.37. The van der Waals surface area contributed by atoms with Crippen molar-refractivity contribution in [3.05, 3.63) is 46.8 Å². The molecule has 0 bridgehead atoms. The zero-order valence-electron chi connectivity index (χ0n) is 14.2. The number of aliphatic carboxylic acids is 1. The molecule has 2 N–H and O–H groups in total. The smallest absolute Gasteiger partial charge is 0.326 e. The van der Waals surface area contributed by atoms with Crippen molar-refractivity contribution in [2.45, 2.75) is 45.1 Å². The summed E-state index contributed by atoms with van der Waals surface area (Å²) in [5.41, 5.74) is 3.66. The van der Waals surface area contributed by atoms with Crippen molar-refractivity contribution in [2.24, 2.45) is 0 Å². The number of hydrogen-bond acceptors (Lipinski definition) is 3. The van der Waals surface area contributed by atoms with Gasteiger partial charge in [0.25, 0.3) is 5.91 Å². The predicted molar refractivity (Wildman–Crippen MR) is 89.8 cm³/mol. The van der Waals surface area contributed by atoms with Gasteiger partial charge in [0.05, 0.1) is 5.69 Å². The monoisotopic (exact) mass is 363 g/mol. The maximum Gasteiger partial charge on any atom is 0.326 e. The molecule has 0 radical (unpaired) electrons. The minimum atomic E-state index is -2.83. The highest BCUT2D eigenvalue weighted by molar-refractivity contribution is 5.96. The van der Waals surface area contributed by atoms with E-state index in [0.717, 1.165) is 35.3 Å². The molecule has 138 valence electrons. The number of alkyl halides is 2. The third kappa shape index (κ3) is 3.58. The lowest BCUT2D eigenvalue weighted by atomic mass is 10.1. The minimum absolute atomic E-state index is 0.110. The summed E-state index contributed by atoms with van der Waals surface area (Å²) in [5, 5.41) is 15.6. The van der Waals surface area contributed by atoms with Crippen LogP contribution in [0.25, 0.3) is 5.69 Å². The Kier molecular flexibility index (Phi) is 5.01. The lowest BCUT2D eigenvalue weighted by Crippen LogP contribution is -2.42. The summed E-state index contributed by atoms with van der Waals surface area (Å²) in [6.45, 7) is 1.96. The average Bonchev–Trinajstić information content (AvgIpc) is 3.16. The second-order valence-electron chi connectivity index (χ2n) is 6.37. The first kappa shape index (κ1) is 18.0. The first-order valence-electron chi connectivity index (χ1n) is 8.36. The molecular formula is C18H19F2N3O3. The topological polar surface area (TPSA) is 84.2 Å². The molecule has 2 aromatic rings. The number of nitrogens with zero attached hydrogens (tertiary/aromatic N) is 2. The van der Waals surface area contributed by atoms with Crippen molar-refractivity contribution < 1.29 is 23.5 Å². The maximum absolute atomic E-state index is 12.5. The quantitative estimate of drug-likeness (QED) is 0.826. The van der Waals surface area contributed by atoms with E-state index in [2.05, 4.69) is 10.4 Å². The third-order valence-corrected chi connectivity index (χ3v) is 4.44. The number of carboxylic acid groups (broad SMARTS) is 1. The molecular weight excluding hydrogens is 344 g/mol. The number of nitrogens with one attached hydrogen (secondary N) is 1. The normalized spacial score (nSPS) is 14.3. The number of carbonyl (C=O) groups is 2. The zero-order valence-corrected chi connectivity index (χ0v) is 14.2. The van der Waals surface area contributed by atoms with Crippen molar-refractivity contribution in [2.75, 3.05) is 0 Å². The summed E-state index contributed by atoms with van der Waals surface area (Å²) in [4.78, 5) is 23.6. The standard InChI is InChI=1S/C18H19F2N3O3/c1-10-5-7-11(8-6-10)23-14-4-2-3-12(14)16(22-23)17(24)21-13(18(25)26)9-15(19)20/h5-8,13,15H,2-4,9H2,1H3,(H,21,24)(H,25,26). The molecule has 0 fully saturated rings. The van der Waals surface area contributed by atoms with E-state index >= 15 is 0 Å². The fourth-order valence-electron chi connectivity index (χ4n) is 3.15. The van der Waals surface area contributed by atoms with Gasteiger partial charge in [0.1, 0.15) is 6.04 Å². The Labute approximate surface area is 148 Å². The Morgan fingerprint density at radius 3 is 2.58 bits per heavy atom. The van der Waals surface area contributed by atoms with Crippen molar-refractivity contribution in [1.82, 2.24) is 15.1 Å². The summed E-state index contributed by atoms with van der Waals surface area (Å²) in [6.07, 6.45) is -1.51. The first-order chi connectivity index (χ1) is 12.4. The molecule has 1 aromatic heterocycles. The largest absolute Gasteiger partial charge is 0.480 e. The molecule has 1 heterocycles. The SMILES string of the molecule is Cc1ccc(-n2nc(C(=O)NC(CC(F)F)C(=O)O)c3c2CCC3)cc1. The van der Waals surface area contributed by atoms with Gasteiger partial charge in [-0.25, -0.2) is 18.3 Å². The Hall–Kier alpha value is -2.77. The Morgan fingerprint density at radius 1 is 1.27 bits per heavy atom. The predicted octanol–water partition coefficient (Wildman–Crippen LogP) is 2.51. The number of rotatable bonds is 6. The molecule has 26 heavy (non-hydrogen) atoms. The lowest BCUT2D eigenvalue weighted by molar-refractivity contribution is -0.140. The van der Waals surface area contributed by atoms with Gasteiger partial charge in [0.15, 0.2) is 5.69 Å². The Balaban J connectivity index is 1.91. The summed E-state index contributed by atoms with van der Waals surface area (Å²) < 4.78 is 26.8. The van der Waals surface area contributed by atoms with Gasteiger partial charge in [-0.15, -0.1) is 0 Å². The molecule has 1 atom stereocenters. The minimum Gasteiger partial charge on any atom is -0.480 e. The molecule has 1 aliphatic rings. The number of aromatic nitrogens is 2. The van der Waals surface area contributed by atoms with Gasteiger partial charge in [0, 0.05) is 17.7 Å². The van der Waals surface area contributed by atoms with Crippen LogP contribution in [0.3, 0.4) is 0 Å². The van der Waals surface area contributed by atoms with Gasteiger partial charge in [-0.1, -0.05) is 17.7 Å². The van der Waals surface area contributed by atoms with Crippen LogP contribution in [-0.2, 0) is 17.6 Å². The molecule has 0 saturated carbocycles. The van der Waals surface area contributed by atoms with E-state index in [1.165, 1.54) is 0 Å². The van der Waals surface area contributed by atoms with Crippen LogP contribution in [0.4, 0.5) is 8.78 Å². The van der Waals surface area contributed by atoms with Crippen LogP contribution < -0.4 is 5.32 Å². The van der Waals surface area contributed by atoms with Crippen LogP contribution in [-0.4, -0.2) is 39.2 Å². The zero-order chi connectivity index (χ0) is 18.8. The maximum atomic E-state index is 12.5. The van der Waals surface area contributed by atoms with E-state index in [-0.39, 0.29) is 5.69 Å². The lowest BCUT2D eigenvalue weighted by Gasteiger charge is -2.13. The van der Waals surface area contributed by atoms with Crippen molar-refractivity contribution in [3.8, 4) is 5.69 Å². The van der Waals surface area contributed by atoms with Crippen LogP contribution in [0.15, 0.2) is 24.3 Å². The number of carbonyl (C=O) groups excluding carboxylic acids is 1. The van der Waals surface area contributed by atoms with Gasteiger partial charge >= 0.3 is 5.97 Å². The molecule has 6 nitrogen and oxygen atoms in total. The first-order valence-corrected chi connectivity index (χ1v) is 8.36. The number of hydrogen-bond donors (Lipinski definition) is 2. The number of benzene rings is 1. The van der Waals surface area contributed by atoms with E-state index < -0.39 is 30.8 Å². The number of fused-ring (bicyclic) bond motifs is 1. The molecule has 3 rings (SSSR count). The van der Waals surface area contributed by atoms with Crippen LogP contribution in [0.5, 0.6) is 0 Å². The molecule has 0 saturated heterocycles. The molecule has 1 aromatic carbocycles. The van der Waals surface area contributed by atoms with Crippen molar-refractivity contribution >= 4 is 11.9 Å². The molecule has 0 spiro atoms. The van der Waals surface area contributed by atoms with Gasteiger partial charge in [-0.3, -0.25) is 4.79 Å². The van der Waals surface area contributed by atoms with Crippen LogP contribution in [0.2, 0.25) is 0 Å². The van der Waals surface area contributed by atoms with E-state index in [1.54, 1.807) is 4.68 Å². The third-order valence-electron chi connectivity index (χ3n) is 4.44. The number of carboxylic acids is 1. The van der Waals surface area contributed by atoms with Crippen molar-refractivity contribution in [1.29, 1.82) is 0 Å². The fourth-order valence-corrected chi connectivity index (χ4v) is 3.15. The summed E-state index contributed by atoms with van der Waals surface area (Å²) in [5.74, 6) is -2.23. The van der Waals surface area contributed by atoms with Crippen LogP contribution >= 0.6 is 0 Å². The van der Waals surface area contributed by atoms with Gasteiger partial charge in [-0.2, -0.15) is 5.10 Å². The van der Waals surface area contributed by atoms with Crippen LogP contribution in [0.1, 0.15) is 40.2 Å². The molecule has 1 amide bonds. The fraction of sp³-hybridized carbons (Fsp3) is 0.389. The Morgan fingerprint density at radius 2 is 1.96 bits per heavy atom. The summed E-state index contributed by atoms with van der Waals surface area (Å²) in [7, 11) is 0. The molecule has 1 unspecified atom stereocenters. The van der Waals surface area contributed by atoms with Gasteiger partial charge in [-0.05, 0) is 38.3 Å². The van der Waals surface area contributed by atoms with E-state index in [9.17, 15) is 18.4 Å².